The highest BCUT2D eigenvalue weighted by Crippen LogP contribution is 2.32. The summed E-state index contributed by atoms with van der Waals surface area (Å²) in [4.78, 5) is 41.8. The maximum absolute atomic E-state index is 13.6. The number of fused-ring (bicyclic) bond motifs is 1. The Bertz CT molecular complexity index is 1530. The van der Waals surface area contributed by atoms with Gasteiger partial charge >= 0.3 is 11.7 Å². The predicted molar refractivity (Wildman–Crippen MR) is 128 cm³/mol. The van der Waals surface area contributed by atoms with Crippen LogP contribution in [0.15, 0.2) is 63.5 Å². The third-order valence-corrected chi connectivity index (χ3v) is 6.46. The molecule has 0 bridgehead atoms. The molecule has 0 saturated carbocycles. The largest absolute Gasteiger partial charge is 0.502 e. The number of nitro groups is 1. The van der Waals surface area contributed by atoms with Gasteiger partial charge in [0.05, 0.1) is 40.5 Å². The summed E-state index contributed by atoms with van der Waals surface area (Å²) in [6.45, 7) is 3.52. The van der Waals surface area contributed by atoms with Crippen LogP contribution in [0.4, 0.5) is 5.69 Å². The molecule has 1 aliphatic rings. The summed E-state index contributed by atoms with van der Waals surface area (Å²) in [7, 11) is 1.54. The molecule has 10 nitrogen and oxygen atoms in total. The number of hydrogen-bond acceptors (Lipinski definition) is 9. The average Bonchev–Trinajstić information content (AvgIpc) is 3.13. The number of nitro benzene ring substituents is 1. The number of carbonyl (C=O) groups excluding carboxylic acids is 1. The van der Waals surface area contributed by atoms with Gasteiger partial charge in [-0.25, -0.2) is 9.79 Å². The minimum Gasteiger partial charge on any atom is -0.502 e. The number of phenolic OH excluding ortho intramolecular Hbond substituents is 1. The van der Waals surface area contributed by atoms with Crippen molar-refractivity contribution in [1.29, 1.82) is 0 Å². The van der Waals surface area contributed by atoms with Gasteiger partial charge in [-0.15, -0.1) is 0 Å². The molecule has 35 heavy (non-hydrogen) atoms. The van der Waals surface area contributed by atoms with Crippen molar-refractivity contribution in [2.45, 2.75) is 19.9 Å². The van der Waals surface area contributed by atoms with E-state index in [1.54, 1.807) is 38.1 Å². The van der Waals surface area contributed by atoms with E-state index in [1.807, 2.05) is 0 Å². The number of ether oxygens (including phenoxy) is 2. The number of allylic oxidation sites excluding steroid dienone is 1. The van der Waals surface area contributed by atoms with Gasteiger partial charge in [0.15, 0.2) is 4.80 Å². The number of rotatable bonds is 6. The van der Waals surface area contributed by atoms with Crippen molar-refractivity contribution in [3.05, 3.63) is 94.7 Å². The van der Waals surface area contributed by atoms with Gasteiger partial charge in [-0.1, -0.05) is 35.6 Å². The van der Waals surface area contributed by atoms with Crippen molar-refractivity contribution in [3.63, 3.8) is 0 Å². The molecule has 3 aromatic rings. The Hall–Kier alpha value is -4.25. The van der Waals surface area contributed by atoms with Crippen molar-refractivity contribution >= 4 is 29.1 Å². The van der Waals surface area contributed by atoms with Gasteiger partial charge in [-0.3, -0.25) is 19.5 Å². The van der Waals surface area contributed by atoms with E-state index in [0.29, 0.717) is 21.8 Å². The zero-order chi connectivity index (χ0) is 25.3. The summed E-state index contributed by atoms with van der Waals surface area (Å²) in [5.74, 6) is -0.515. The monoisotopic (exact) mass is 495 g/mol. The normalized spacial score (nSPS) is 15.4. The zero-order valence-electron chi connectivity index (χ0n) is 19.0. The van der Waals surface area contributed by atoms with Crippen molar-refractivity contribution in [2.75, 3.05) is 13.7 Å². The number of benzene rings is 2. The Morgan fingerprint density at radius 3 is 2.63 bits per heavy atom. The van der Waals surface area contributed by atoms with Crippen molar-refractivity contribution in [3.8, 4) is 11.5 Å². The lowest BCUT2D eigenvalue weighted by Crippen LogP contribution is -2.39. The highest BCUT2D eigenvalue weighted by molar-refractivity contribution is 7.07. The molecular formula is C24H21N3O7S. The molecule has 1 aromatic heterocycles. The number of carbonyl (C=O) groups is 1. The Kier molecular flexibility index (Phi) is 6.52. The third kappa shape index (κ3) is 4.33. The smallest absolute Gasteiger partial charge is 0.338 e. The average molecular weight is 496 g/mol. The SMILES string of the molecule is CCOC(=O)C1=C(C)N=c2s/c(=C/c3cccc([N+](=O)[O-])c3O)c(=O)n2[C@@H]1c1ccc(OC)cc1. The van der Waals surface area contributed by atoms with E-state index < -0.39 is 33.9 Å². The van der Waals surface area contributed by atoms with Crippen LogP contribution in [0.3, 0.4) is 0 Å². The maximum Gasteiger partial charge on any atom is 0.338 e. The summed E-state index contributed by atoms with van der Waals surface area (Å²) >= 11 is 1.05. The second-order valence-electron chi connectivity index (χ2n) is 7.55. The van der Waals surface area contributed by atoms with Gasteiger partial charge in [-0.2, -0.15) is 0 Å². The number of aromatic nitrogens is 1. The lowest BCUT2D eigenvalue weighted by Gasteiger charge is -2.24. The number of nitrogens with zero attached hydrogens (tertiary/aromatic N) is 3. The van der Waals surface area contributed by atoms with E-state index in [9.17, 15) is 24.8 Å². The summed E-state index contributed by atoms with van der Waals surface area (Å²) in [5.41, 5.74) is 0.475. The van der Waals surface area contributed by atoms with Gasteiger partial charge in [0.1, 0.15) is 5.75 Å². The van der Waals surface area contributed by atoms with Crippen LogP contribution in [0.1, 0.15) is 31.0 Å². The van der Waals surface area contributed by atoms with Gasteiger partial charge in [0, 0.05) is 11.6 Å². The van der Waals surface area contributed by atoms with E-state index in [-0.39, 0.29) is 22.3 Å². The van der Waals surface area contributed by atoms with Crippen LogP contribution >= 0.6 is 11.3 Å². The van der Waals surface area contributed by atoms with Crippen molar-refractivity contribution in [1.82, 2.24) is 4.57 Å². The summed E-state index contributed by atoms with van der Waals surface area (Å²) in [6.07, 6.45) is 1.38. The number of methoxy groups -OCH3 is 1. The highest BCUT2D eigenvalue weighted by Gasteiger charge is 2.33. The number of hydrogen-bond donors (Lipinski definition) is 1. The molecule has 0 aliphatic carbocycles. The Morgan fingerprint density at radius 2 is 2.00 bits per heavy atom. The summed E-state index contributed by atoms with van der Waals surface area (Å²) in [5, 5.41) is 21.5. The molecule has 1 atom stereocenters. The fraction of sp³-hybridized carbons (Fsp3) is 0.208. The molecule has 0 unspecified atom stereocenters. The van der Waals surface area contributed by atoms with E-state index >= 15 is 0 Å². The Labute approximate surface area is 202 Å². The number of para-hydroxylation sites is 1. The van der Waals surface area contributed by atoms with Crippen LogP contribution in [-0.2, 0) is 9.53 Å². The van der Waals surface area contributed by atoms with Gasteiger partial charge in [0.2, 0.25) is 5.75 Å². The first-order valence-corrected chi connectivity index (χ1v) is 11.4. The van der Waals surface area contributed by atoms with Crippen LogP contribution < -0.4 is 19.6 Å². The number of phenols is 1. The third-order valence-electron chi connectivity index (χ3n) is 5.48. The molecule has 11 heteroatoms. The zero-order valence-corrected chi connectivity index (χ0v) is 19.9. The molecule has 4 rings (SSSR count). The topological polar surface area (TPSA) is 133 Å². The standard InChI is InChI=1S/C24H21N3O7S/c1-4-34-23(30)19-13(2)25-24-26(20(19)14-8-10-16(33-3)11-9-14)22(29)18(35-24)12-15-6-5-7-17(21(15)28)27(31)32/h5-12,20,28H,4H2,1-3H3/b18-12+/t20-/m1/s1. The Morgan fingerprint density at radius 1 is 1.29 bits per heavy atom. The molecule has 1 aliphatic heterocycles. The molecule has 2 heterocycles. The van der Waals surface area contributed by atoms with E-state index in [4.69, 9.17) is 9.47 Å². The van der Waals surface area contributed by atoms with Crippen molar-refractivity contribution in [2.24, 2.45) is 4.99 Å². The second kappa shape index (κ2) is 9.55. The first-order chi connectivity index (χ1) is 16.8. The molecule has 0 saturated heterocycles. The lowest BCUT2D eigenvalue weighted by atomic mass is 9.96. The van der Waals surface area contributed by atoms with Crippen LogP contribution in [0.5, 0.6) is 11.5 Å². The first-order valence-electron chi connectivity index (χ1n) is 10.6. The van der Waals surface area contributed by atoms with E-state index in [2.05, 4.69) is 4.99 Å². The van der Waals surface area contributed by atoms with Gasteiger partial charge in [0.25, 0.3) is 5.56 Å². The quantitative estimate of drug-likeness (QED) is 0.315. The molecule has 0 fully saturated rings. The second-order valence-corrected chi connectivity index (χ2v) is 8.56. The fourth-order valence-corrected chi connectivity index (χ4v) is 4.88. The Balaban J connectivity index is 1.95. The molecule has 1 N–H and O–H groups in total. The minimum absolute atomic E-state index is 0.117. The molecular weight excluding hydrogens is 474 g/mol. The molecule has 0 amide bonds. The van der Waals surface area contributed by atoms with Gasteiger partial charge < -0.3 is 14.6 Å². The summed E-state index contributed by atoms with van der Waals surface area (Å²) in [6, 6.07) is 10.2. The number of aromatic hydroxyl groups is 1. The molecule has 0 spiro atoms. The fourth-order valence-electron chi connectivity index (χ4n) is 3.85. The van der Waals surface area contributed by atoms with Crippen LogP contribution in [0, 0.1) is 10.1 Å². The summed E-state index contributed by atoms with van der Waals surface area (Å²) < 4.78 is 12.1. The predicted octanol–water partition coefficient (Wildman–Crippen LogP) is 2.42. The van der Waals surface area contributed by atoms with E-state index in [0.717, 1.165) is 11.3 Å². The maximum atomic E-state index is 13.6. The molecule has 180 valence electrons. The van der Waals surface area contributed by atoms with Crippen LogP contribution in [0.25, 0.3) is 6.08 Å². The highest BCUT2D eigenvalue weighted by atomic mass is 32.1. The molecule has 0 radical (unpaired) electrons. The van der Waals surface area contributed by atoms with Crippen LogP contribution in [-0.4, -0.2) is 34.3 Å². The van der Waals surface area contributed by atoms with Gasteiger partial charge in [-0.05, 0) is 37.6 Å². The first kappa shape index (κ1) is 23.9. The minimum atomic E-state index is -0.808. The number of esters is 1. The molecule has 2 aromatic carbocycles. The van der Waals surface area contributed by atoms with E-state index in [1.165, 1.54) is 36.0 Å². The lowest BCUT2D eigenvalue weighted by molar-refractivity contribution is -0.385. The van der Waals surface area contributed by atoms with Crippen molar-refractivity contribution < 1.29 is 24.3 Å². The van der Waals surface area contributed by atoms with Crippen LogP contribution in [0.2, 0.25) is 0 Å². The number of thiazole rings is 1.